The van der Waals surface area contributed by atoms with E-state index < -0.39 is 20.3 Å². The standard InChI is InChI=1S/C12H22OSi.C6H8O4.Pt/c1-7-12(8-2)9-10-14(5,6)13-11(12,3)4;1-9-5(7)3-4-6(8)10-2;/h7-8H,1-2,9-10H2,3-6H3;3-4H,1-2H3;/b;4-3-;. The SMILES string of the molecule is C=CC1(C=C)CC[Si](C)(C)OC1(C)C.COC(=O)/C=C\C(=O)OC.[Pt]. The van der Waals surface area contributed by atoms with Gasteiger partial charge in [0.15, 0.2) is 8.32 Å². The molecule has 0 aromatic heterocycles. The van der Waals surface area contributed by atoms with Gasteiger partial charge in [-0.15, -0.1) is 13.2 Å². The van der Waals surface area contributed by atoms with Crippen LogP contribution >= 0.6 is 0 Å². The zero-order valence-electron chi connectivity index (χ0n) is 16.0. The molecule has 1 aliphatic rings. The third-order valence-electron chi connectivity index (χ3n) is 4.28. The van der Waals surface area contributed by atoms with Crippen LogP contribution in [0.1, 0.15) is 20.3 Å². The summed E-state index contributed by atoms with van der Waals surface area (Å²) in [5, 5.41) is 0. The Kier molecular flexibility index (Phi) is 11.4. The predicted octanol–water partition coefficient (Wildman–Crippen LogP) is 3.63. The molecule has 25 heavy (non-hydrogen) atoms. The molecule has 0 bridgehead atoms. The van der Waals surface area contributed by atoms with Crippen LogP contribution in [0, 0.1) is 5.41 Å². The fourth-order valence-corrected chi connectivity index (χ4v) is 5.39. The van der Waals surface area contributed by atoms with Gasteiger partial charge in [-0.1, -0.05) is 12.2 Å². The van der Waals surface area contributed by atoms with E-state index in [1.165, 1.54) is 20.3 Å². The molecular formula is C18H30O5PtSi. The van der Waals surface area contributed by atoms with Crippen molar-refractivity contribution in [3.63, 3.8) is 0 Å². The summed E-state index contributed by atoms with van der Waals surface area (Å²) in [6.07, 6.45) is 7.12. The second kappa shape index (κ2) is 10.9. The molecule has 146 valence electrons. The van der Waals surface area contributed by atoms with Crippen molar-refractivity contribution in [2.24, 2.45) is 5.41 Å². The second-order valence-electron chi connectivity index (χ2n) is 6.70. The fraction of sp³-hybridized carbons (Fsp3) is 0.556. The largest absolute Gasteiger partial charge is 0.466 e. The normalized spacial score (nSPS) is 19.4. The molecule has 0 saturated carbocycles. The molecular weight excluding hydrogens is 519 g/mol. The Hall–Kier alpha value is -0.975. The molecule has 0 amide bonds. The number of esters is 2. The first-order chi connectivity index (χ1) is 11.0. The number of carbonyl (C=O) groups excluding carboxylic acids is 2. The number of carbonyl (C=O) groups is 2. The summed E-state index contributed by atoms with van der Waals surface area (Å²) < 4.78 is 14.7. The van der Waals surface area contributed by atoms with Gasteiger partial charge < -0.3 is 13.9 Å². The van der Waals surface area contributed by atoms with Gasteiger partial charge in [0.1, 0.15) is 0 Å². The van der Waals surface area contributed by atoms with Crippen LogP contribution in [0.3, 0.4) is 0 Å². The zero-order chi connectivity index (χ0) is 19.0. The Morgan fingerprint density at radius 2 is 1.44 bits per heavy atom. The Morgan fingerprint density at radius 3 is 1.72 bits per heavy atom. The van der Waals surface area contributed by atoms with E-state index in [1.54, 1.807) is 0 Å². The van der Waals surface area contributed by atoms with Gasteiger partial charge in [-0.3, -0.25) is 0 Å². The molecule has 1 heterocycles. The van der Waals surface area contributed by atoms with Crippen molar-refractivity contribution < 1.29 is 44.6 Å². The van der Waals surface area contributed by atoms with Crippen LogP contribution in [-0.2, 0) is 44.6 Å². The van der Waals surface area contributed by atoms with E-state index in [2.05, 4.69) is 49.6 Å². The van der Waals surface area contributed by atoms with Crippen molar-refractivity contribution in [3.05, 3.63) is 37.5 Å². The molecule has 0 spiro atoms. The third-order valence-corrected chi connectivity index (χ3v) is 6.80. The summed E-state index contributed by atoms with van der Waals surface area (Å²) >= 11 is 0. The average molecular weight is 550 g/mol. The Labute approximate surface area is 166 Å². The number of rotatable bonds is 4. The van der Waals surface area contributed by atoms with Gasteiger partial charge in [-0.25, -0.2) is 9.59 Å². The van der Waals surface area contributed by atoms with E-state index in [4.69, 9.17) is 4.43 Å². The molecule has 0 radical (unpaired) electrons. The molecule has 5 nitrogen and oxygen atoms in total. The maximum atomic E-state index is 10.3. The number of hydrogen-bond donors (Lipinski definition) is 0. The Bertz CT molecular complexity index is 486. The van der Waals surface area contributed by atoms with Gasteiger partial charge in [0.2, 0.25) is 0 Å². The molecule has 1 aliphatic heterocycles. The summed E-state index contributed by atoms with van der Waals surface area (Å²) in [5.41, 5.74) is -0.194. The minimum atomic E-state index is -1.44. The smallest absolute Gasteiger partial charge is 0.330 e. The Balaban J connectivity index is 0. The van der Waals surface area contributed by atoms with Crippen molar-refractivity contribution in [2.75, 3.05) is 14.2 Å². The second-order valence-corrected chi connectivity index (χ2v) is 10.9. The maximum absolute atomic E-state index is 10.3. The van der Waals surface area contributed by atoms with Crippen LogP contribution in [0.25, 0.3) is 0 Å². The molecule has 1 rings (SSSR count). The third kappa shape index (κ3) is 7.84. The maximum Gasteiger partial charge on any atom is 0.330 e. The monoisotopic (exact) mass is 549 g/mol. The molecule has 0 unspecified atom stereocenters. The van der Waals surface area contributed by atoms with E-state index in [9.17, 15) is 9.59 Å². The number of methoxy groups -OCH3 is 2. The first kappa shape index (κ1) is 26.3. The fourth-order valence-electron chi connectivity index (χ4n) is 2.70. The van der Waals surface area contributed by atoms with Crippen LogP contribution in [0.2, 0.25) is 19.1 Å². The van der Waals surface area contributed by atoms with Crippen LogP contribution in [0.4, 0.5) is 0 Å². The topological polar surface area (TPSA) is 61.8 Å². The number of hydrogen-bond acceptors (Lipinski definition) is 5. The van der Waals surface area contributed by atoms with Gasteiger partial charge in [-0.2, -0.15) is 0 Å². The van der Waals surface area contributed by atoms with Gasteiger partial charge in [0.25, 0.3) is 0 Å². The first-order valence-electron chi connectivity index (χ1n) is 7.80. The predicted molar refractivity (Wildman–Crippen MR) is 98.1 cm³/mol. The Morgan fingerprint density at radius 1 is 1.04 bits per heavy atom. The molecule has 0 aliphatic carbocycles. The van der Waals surface area contributed by atoms with Gasteiger partial charge in [-0.05, 0) is 39.4 Å². The van der Waals surface area contributed by atoms with E-state index in [0.29, 0.717) is 0 Å². The molecule has 1 fully saturated rings. The van der Waals surface area contributed by atoms with Gasteiger partial charge >= 0.3 is 11.9 Å². The average Bonchev–Trinajstić information content (AvgIpc) is 2.52. The molecule has 0 aromatic rings. The van der Waals surface area contributed by atoms with Crippen molar-refractivity contribution >= 4 is 20.3 Å². The van der Waals surface area contributed by atoms with E-state index in [-0.39, 0.29) is 32.1 Å². The van der Waals surface area contributed by atoms with Crippen LogP contribution in [0.5, 0.6) is 0 Å². The van der Waals surface area contributed by atoms with Crippen molar-refractivity contribution in [3.8, 4) is 0 Å². The van der Waals surface area contributed by atoms with Gasteiger partial charge in [0.05, 0.1) is 19.8 Å². The summed E-state index contributed by atoms with van der Waals surface area (Å²) in [6, 6.07) is 1.19. The zero-order valence-corrected chi connectivity index (χ0v) is 19.3. The summed E-state index contributed by atoms with van der Waals surface area (Å²) in [6.45, 7) is 16.7. The van der Waals surface area contributed by atoms with Crippen molar-refractivity contribution in [1.29, 1.82) is 0 Å². The van der Waals surface area contributed by atoms with Crippen LogP contribution in [0.15, 0.2) is 37.5 Å². The minimum Gasteiger partial charge on any atom is -0.466 e. The first-order valence-corrected chi connectivity index (χ1v) is 10.9. The molecule has 1 saturated heterocycles. The van der Waals surface area contributed by atoms with Crippen molar-refractivity contribution in [1.82, 2.24) is 0 Å². The van der Waals surface area contributed by atoms with E-state index >= 15 is 0 Å². The summed E-state index contributed by atoms with van der Waals surface area (Å²) in [5.74, 6) is -1.16. The van der Waals surface area contributed by atoms with Crippen LogP contribution < -0.4 is 0 Å². The molecule has 0 aromatic carbocycles. The van der Waals surface area contributed by atoms with E-state index in [0.717, 1.165) is 18.6 Å². The quantitative estimate of drug-likeness (QED) is 0.232. The number of ether oxygens (including phenoxy) is 2. The van der Waals surface area contributed by atoms with Crippen molar-refractivity contribution in [2.45, 2.75) is 45.0 Å². The molecule has 0 atom stereocenters. The minimum absolute atomic E-state index is 0. The van der Waals surface area contributed by atoms with Gasteiger partial charge in [0, 0.05) is 38.6 Å². The van der Waals surface area contributed by atoms with E-state index in [1.807, 2.05) is 12.2 Å². The van der Waals surface area contributed by atoms with Crippen LogP contribution in [-0.4, -0.2) is 40.1 Å². The summed E-state index contributed by atoms with van der Waals surface area (Å²) in [4.78, 5) is 20.6. The molecule has 7 heteroatoms. The molecule has 0 N–H and O–H groups in total. The summed E-state index contributed by atoms with van der Waals surface area (Å²) in [7, 11) is 1.01.